The first kappa shape index (κ1) is 13.1. The lowest BCUT2D eigenvalue weighted by atomic mass is 9.71. The number of hydrogen-bond donors (Lipinski definition) is 0. The Hall–Kier alpha value is -0.370. The van der Waals surface area contributed by atoms with Crippen LogP contribution in [0.2, 0.25) is 0 Å². The summed E-state index contributed by atoms with van der Waals surface area (Å²) < 4.78 is 0. The number of aldehydes is 1. The van der Waals surface area contributed by atoms with Crippen LogP contribution in [0.3, 0.4) is 0 Å². The maximum Gasteiger partial charge on any atom is 0.127 e. The Morgan fingerprint density at radius 2 is 1.88 bits per heavy atom. The molecule has 0 radical (unpaired) electrons. The normalized spacial score (nSPS) is 33.9. The van der Waals surface area contributed by atoms with Crippen LogP contribution >= 0.6 is 0 Å². The van der Waals surface area contributed by atoms with Gasteiger partial charge in [0.25, 0.3) is 0 Å². The summed E-state index contributed by atoms with van der Waals surface area (Å²) in [5.41, 5.74) is -0.00965. The van der Waals surface area contributed by atoms with E-state index < -0.39 is 0 Å². The molecule has 0 aromatic carbocycles. The van der Waals surface area contributed by atoms with Crippen LogP contribution in [0.25, 0.3) is 0 Å². The summed E-state index contributed by atoms with van der Waals surface area (Å²) in [7, 11) is 0. The molecule has 0 atom stereocenters. The van der Waals surface area contributed by atoms with Gasteiger partial charge in [0.2, 0.25) is 0 Å². The van der Waals surface area contributed by atoms with Gasteiger partial charge in [-0.3, -0.25) is 4.90 Å². The monoisotopic (exact) mass is 237 g/mol. The van der Waals surface area contributed by atoms with Crippen molar-refractivity contribution in [3.05, 3.63) is 0 Å². The van der Waals surface area contributed by atoms with Gasteiger partial charge in [0.15, 0.2) is 0 Å². The molecule has 2 nitrogen and oxygen atoms in total. The quantitative estimate of drug-likeness (QED) is 0.661. The molecule has 98 valence electrons. The smallest absolute Gasteiger partial charge is 0.127 e. The molecule has 0 aromatic rings. The fraction of sp³-hybridized carbons (Fsp3) is 0.933. The minimum atomic E-state index is -0.00965. The molecule has 0 bridgehead atoms. The molecule has 0 heterocycles. The lowest BCUT2D eigenvalue weighted by molar-refractivity contribution is -0.119. The third kappa shape index (κ3) is 3.31. The van der Waals surface area contributed by atoms with Crippen molar-refractivity contribution in [2.75, 3.05) is 13.1 Å². The summed E-state index contributed by atoms with van der Waals surface area (Å²) in [6.45, 7) is 6.77. The number of nitrogens with zero attached hydrogens (tertiary/aromatic N) is 1. The van der Waals surface area contributed by atoms with Gasteiger partial charge >= 0.3 is 0 Å². The van der Waals surface area contributed by atoms with Crippen LogP contribution in [0, 0.1) is 11.3 Å². The molecular formula is C15H27NO. The average molecular weight is 237 g/mol. The van der Waals surface area contributed by atoms with Crippen molar-refractivity contribution in [1.29, 1.82) is 0 Å². The molecular weight excluding hydrogens is 210 g/mol. The van der Waals surface area contributed by atoms with Crippen LogP contribution < -0.4 is 0 Å². The summed E-state index contributed by atoms with van der Waals surface area (Å²) in [4.78, 5) is 14.1. The van der Waals surface area contributed by atoms with E-state index >= 15 is 0 Å². The van der Waals surface area contributed by atoms with Gasteiger partial charge in [0, 0.05) is 18.0 Å². The Morgan fingerprint density at radius 1 is 1.24 bits per heavy atom. The highest BCUT2D eigenvalue weighted by atomic mass is 16.1. The molecule has 0 unspecified atom stereocenters. The number of rotatable bonds is 6. The van der Waals surface area contributed by atoms with Crippen molar-refractivity contribution in [2.24, 2.45) is 11.3 Å². The van der Waals surface area contributed by atoms with E-state index in [0.29, 0.717) is 0 Å². The molecule has 17 heavy (non-hydrogen) atoms. The van der Waals surface area contributed by atoms with Gasteiger partial charge in [-0.15, -0.1) is 0 Å². The topological polar surface area (TPSA) is 20.3 Å². The van der Waals surface area contributed by atoms with Gasteiger partial charge in [-0.1, -0.05) is 13.8 Å². The van der Waals surface area contributed by atoms with Crippen LogP contribution in [0.5, 0.6) is 0 Å². The number of hydrogen-bond acceptors (Lipinski definition) is 2. The van der Waals surface area contributed by atoms with Gasteiger partial charge in [-0.2, -0.15) is 0 Å². The van der Waals surface area contributed by atoms with Gasteiger partial charge in [0.1, 0.15) is 6.29 Å². The van der Waals surface area contributed by atoms with Gasteiger partial charge in [0.05, 0.1) is 0 Å². The fourth-order valence-corrected chi connectivity index (χ4v) is 3.17. The zero-order valence-corrected chi connectivity index (χ0v) is 11.5. The van der Waals surface area contributed by atoms with Crippen molar-refractivity contribution >= 4 is 6.29 Å². The molecule has 2 fully saturated rings. The van der Waals surface area contributed by atoms with E-state index in [0.717, 1.165) is 31.3 Å². The van der Waals surface area contributed by atoms with Crippen LogP contribution in [-0.2, 0) is 4.79 Å². The Labute approximate surface area is 106 Å². The van der Waals surface area contributed by atoms with E-state index in [1.165, 1.54) is 44.9 Å². The predicted octanol–water partition coefficient (Wildman–Crippen LogP) is 3.26. The minimum Gasteiger partial charge on any atom is -0.303 e. The average Bonchev–Trinajstić information content (AvgIpc) is 3.16. The van der Waals surface area contributed by atoms with E-state index in [2.05, 4.69) is 18.7 Å². The number of carbonyl (C=O) groups is 1. The van der Waals surface area contributed by atoms with Gasteiger partial charge < -0.3 is 4.79 Å². The van der Waals surface area contributed by atoms with Gasteiger partial charge in [-0.25, -0.2) is 0 Å². The molecule has 2 rings (SSSR count). The Bertz CT molecular complexity index is 252. The summed E-state index contributed by atoms with van der Waals surface area (Å²) >= 11 is 0. The zero-order valence-electron chi connectivity index (χ0n) is 11.5. The summed E-state index contributed by atoms with van der Waals surface area (Å²) in [5.74, 6) is 0.823. The second-order valence-electron chi connectivity index (χ2n) is 6.36. The summed E-state index contributed by atoms with van der Waals surface area (Å²) in [6, 6.07) is 0.797. The SMILES string of the molecule is CCCN(CC1(C=O)CCC(C)CC1)C1CC1. The lowest BCUT2D eigenvalue weighted by Gasteiger charge is -2.39. The van der Waals surface area contributed by atoms with E-state index in [9.17, 15) is 4.79 Å². The first-order chi connectivity index (χ1) is 8.19. The molecule has 0 amide bonds. The highest BCUT2D eigenvalue weighted by Crippen LogP contribution is 2.40. The van der Waals surface area contributed by atoms with Crippen molar-refractivity contribution in [3.63, 3.8) is 0 Å². The zero-order chi connectivity index (χ0) is 12.3. The molecule has 2 heteroatoms. The molecule has 0 saturated heterocycles. The Morgan fingerprint density at radius 3 is 2.35 bits per heavy atom. The summed E-state index contributed by atoms with van der Waals surface area (Å²) in [6.07, 6.45) is 9.91. The van der Waals surface area contributed by atoms with Crippen LogP contribution in [0.4, 0.5) is 0 Å². The predicted molar refractivity (Wildman–Crippen MR) is 71.0 cm³/mol. The third-order valence-corrected chi connectivity index (χ3v) is 4.61. The van der Waals surface area contributed by atoms with Crippen molar-refractivity contribution < 1.29 is 4.79 Å². The second-order valence-corrected chi connectivity index (χ2v) is 6.36. The molecule has 0 aromatic heterocycles. The maximum absolute atomic E-state index is 11.5. The van der Waals surface area contributed by atoms with Crippen molar-refractivity contribution in [3.8, 4) is 0 Å². The van der Waals surface area contributed by atoms with Crippen molar-refractivity contribution in [2.45, 2.75) is 64.8 Å². The molecule has 0 spiro atoms. The highest BCUT2D eigenvalue weighted by Gasteiger charge is 2.39. The summed E-state index contributed by atoms with van der Waals surface area (Å²) in [5, 5.41) is 0. The standard InChI is InChI=1S/C15H27NO/c1-3-10-16(14-4-5-14)11-15(12-17)8-6-13(2)7-9-15/h12-14H,3-11H2,1-2H3. The van der Waals surface area contributed by atoms with E-state index in [4.69, 9.17) is 0 Å². The van der Waals surface area contributed by atoms with Crippen molar-refractivity contribution in [1.82, 2.24) is 4.90 Å². The highest BCUT2D eigenvalue weighted by molar-refractivity contribution is 5.60. The first-order valence-corrected chi connectivity index (χ1v) is 7.39. The molecule has 2 saturated carbocycles. The second kappa shape index (κ2) is 5.51. The minimum absolute atomic E-state index is 0.00965. The molecule has 2 aliphatic carbocycles. The van der Waals surface area contributed by atoms with E-state index in [-0.39, 0.29) is 5.41 Å². The fourth-order valence-electron chi connectivity index (χ4n) is 3.17. The largest absolute Gasteiger partial charge is 0.303 e. The number of carbonyl (C=O) groups excluding carboxylic acids is 1. The lowest BCUT2D eigenvalue weighted by Crippen LogP contribution is -2.42. The molecule has 0 aliphatic heterocycles. The van der Waals surface area contributed by atoms with E-state index in [1.54, 1.807) is 0 Å². The molecule has 2 aliphatic rings. The van der Waals surface area contributed by atoms with Crippen LogP contribution in [0.1, 0.15) is 58.8 Å². The van der Waals surface area contributed by atoms with Crippen LogP contribution in [0.15, 0.2) is 0 Å². The Balaban J connectivity index is 1.94. The first-order valence-electron chi connectivity index (χ1n) is 7.39. The van der Waals surface area contributed by atoms with Crippen LogP contribution in [-0.4, -0.2) is 30.3 Å². The maximum atomic E-state index is 11.5. The molecule has 0 N–H and O–H groups in total. The third-order valence-electron chi connectivity index (χ3n) is 4.61. The van der Waals surface area contributed by atoms with E-state index in [1.807, 2.05) is 0 Å². The Kier molecular flexibility index (Phi) is 4.24. The van der Waals surface area contributed by atoms with Gasteiger partial charge in [-0.05, 0) is 57.4 Å².